The summed E-state index contributed by atoms with van der Waals surface area (Å²) in [6.07, 6.45) is -12.5. The molecule has 0 aromatic carbocycles. The molecule has 38 heavy (non-hydrogen) atoms. The van der Waals surface area contributed by atoms with E-state index in [4.69, 9.17) is 37.9 Å². The molecule has 3 N–H and O–H groups in total. The average Bonchev–Trinajstić information content (AvgIpc) is 3.08. The fraction of sp³-hybridized carbons (Fsp3) is 0.773. The van der Waals surface area contributed by atoms with Crippen LogP contribution in [0.25, 0.3) is 0 Å². The summed E-state index contributed by atoms with van der Waals surface area (Å²) in [5, 5.41) is 30.1. The van der Waals surface area contributed by atoms with Crippen LogP contribution in [0.2, 0.25) is 0 Å². The molecule has 9 atom stereocenters. The zero-order chi connectivity index (χ0) is 28.8. The van der Waals surface area contributed by atoms with E-state index < -0.39 is 104 Å². The molecular weight excluding hydrogens is 520 g/mol. The SMILES string of the molecule is CC(=O)O[C@@H]1[C@@H](OC(C)=O)[C@@H](O[C@]2(CO)O[C@H](CO)[C@@H](OC(C)=O)[C@@H]2OC(C)=O)O[C@H](CO)[C@H]1OC(C)=O. The Labute approximate surface area is 216 Å². The van der Waals surface area contributed by atoms with E-state index in [1.54, 1.807) is 0 Å². The second kappa shape index (κ2) is 13.3. The van der Waals surface area contributed by atoms with Crippen LogP contribution in [0.1, 0.15) is 34.6 Å². The first-order chi connectivity index (χ1) is 17.8. The van der Waals surface area contributed by atoms with Crippen LogP contribution >= 0.6 is 0 Å². The van der Waals surface area contributed by atoms with Gasteiger partial charge in [0.2, 0.25) is 12.1 Å². The van der Waals surface area contributed by atoms with Gasteiger partial charge in [0.1, 0.15) is 18.8 Å². The molecule has 2 fully saturated rings. The van der Waals surface area contributed by atoms with Gasteiger partial charge in [-0.1, -0.05) is 0 Å². The highest BCUT2D eigenvalue weighted by Gasteiger charge is 2.63. The summed E-state index contributed by atoms with van der Waals surface area (Å²) < 4.78 is 43.3. The van der Waals surface area contributed by atoms with Gasteiger partial charge in [0.25, 0.3) is 0 Å². The van der Waals surface area contributed by atoms with Crippen LogP contribution in [0.4, 0.5) is 0 Å². The Morgan fingerprint density at radius 3 is 1.53 bits per heavy atom. The van der Waals surface area contributed by atoms with E-state index in [9.17, 15) is 39.3 Å². The lowest BCUT2D eigenvalue weighted by molar-refractivity contribution is -0.384. The standard InChI is InChI=1S/C22H32O16/c1-9(26)31-16-14(6-23)36-21(19(34-12(4)29)18(16)33-11(3)28)38-22(8-25)20(35-13(5)30)17(32-10(2)27)15(7-24)37-22/h14-21,23-25H,6-8H2,1-5H3/t14-,15-,16-,17-,18+,19-,20+,21-,22+/m1/s1. The van der Waals surface area contributed by atoms with E-state index in [1.807, 2.05) is 0 Å². The summed E-state index contributed by atoms with van der Waals surface area (Å²) in [4.78, 5) is 59.2. The van der Waals surface area contributed by atoms with Crippen molar-refractivity contribution < 1.29 is 77.2 Å². The molecule has 0 saturated carbocycles. The van der Waals surface area contributed by atoms with Crippen LogP contribution in [0.3, 0.4) is 0 Å². The number of hydrogen-bond acceptors (Lipinski definition) is 16. The van der Waals surface area contributed by atoms with Gasteiger partial charge in [0.05, 0.1) is 13.2 Å². The molecule has 0 aromatic heterocycles. The number of carbonyl (C=O) groups is 5. The Morgan fingerprint density at radius 1 is 0.632 bits per heavy atom. The van der Waals surface area contributed by atoms with Crippen molar-refractivity contribution in [1.29, 1.82) is 0 Å². The van der Waals surface area contributed by atoms with Crippen molar-refractivity contribution in [2.45, 2.75) is 89.4 Å². The number of carbonyl (C=O) groups excluding carboxylic acids is 5. The molecule has 0 radical (unpaired) electrons. The summed E-state index contributed by atoms with van der Waals surface area (Å²) in [6, 6.07) is 0. The maximum absolute atomic E-state index is 12.0. The summed E-state index contributed by atoms with van der Waals surface area (Å²) >= 11 is 0. The fourth-order valence-electron chi connectivity index (χ4n) is 4.19. The third-order valence-electron chi connectivity index (χ3n) is 5.44. The number of rotatable bonds is 10. The van der Waals surface area contributed by atoms with E-state index in [2.05, 4.69) is 0 Å². The zero-order valence-electron chi connectivity index (χ0n) is 21.4. The van der Waals surface area contributed by atoms with Gasteiger partial charge < -0.3 is 53.2 Å². The Balaban J connectivity index is 2.58. The molecule has 0 aromatic rings. The van der Waals surface area contributed by atoms with Crippen molar-refractivity contribution in [3.63, 3.8) is 0 Å². The zero-order valence-corrected chi connectivity index (χ0v) is 21.4. The van der Waals surface area contributed by atoms with Crippen molar-refractivity contribution in [2.24, 2.45) is 0 Å². The maximum atomic E-state index is 12.0. The van der Waals surface area contributed by atoms with Gasteiger partial charge in [0.15, 0.2) is 30.5 Å². The third-order valence-corrected chi connectivity index (χ3v) is 5.44. The predicted molar refractivity (Wildman–Crippen MR) is 116 cm³/mol. The van der Waals surface area contributed by atoms with E-state index in [-0.39, 0.29) is 0 Å². The minimum Gasteiger partial charge on any atom is -0.456 e. The highest BCUT2D eigenvalue weighted by molar-refractivity contribution is 5.69. The molecule has 2 saturated heterocycles. The number of aliphatic hydroxyl groups is 3. The summed E-state index contributed by atoms with van der Waals surface area (Å²) in [5.74, 6) is -6.78. The van der Waals surface area contributed by atoms with E-state index in [0.717, 1.165) is 34.6 Å². The van der Waals surface area contributed by atoms with Gasteiger partial charge in [-0.3, -0.25) is 24.0 Å². The van der Waals surface area contributed by atoms with Gasteiger partial charge in [-0.25, -0.2) is 0 Å². The summed E-state index contributed by atoms with van der Waals surface area (Å²) in [5.41, 5.74) is 0. The van der Waals surface area contributed by atoms with E-state index in [0.29, 0.717) is 0 Å². The van der Waals surface area contributed by atoms with Crippen LogP contribution in [0.5, 0.6) is 0 Å². The number of ether oxygens (including phenoxy) is 8. The Kier molecular flexibility index (Phi) is 10.9. The molecule has 0 spiro atoms. The van der Waals surface area contributed by atoms with Crippen molar-refractivity contribution >= 4 is 29.8 Å². The summed E-state index contributed by atoms with van der Waals surface area (Å²) in [7, 11) is 0. The second-order valence-electron chi connectivity index (χ2n) is 8.48. The lowest BCUT2D eigenvalue weighted by Crippen LogP contribution is -2.65. The molecule has 2 aliphatic rings. The van der Waals surface area contributed by atoms with Crippen LogP contribution < -0.4 is 0 Å². The predicted octanol–water partition coefficient (Wildman–Crippen LogP) is -2.54. The van der Waals surface area contributed by atoms with Gasteiger partial charge in [-0.2, -0.15) is 0 Å². The van der Waals surface area contributed by atoms with Crippen molar-refractivity contribution in [3.8, 4) is 0 Å². The average molecular weight is 552 g/mol. The highest BCUT2D eigenvalue weighted by Crippen LogP contribution is 2.40. The molecule has 2 heterocycles. The lowest BCUT2D eigenvalue weighted by Gasteiger charge is -2.46. The molecule has 216 valence electrons. The van der Waals surface area contributed by atoms with Crippen molar-refractivity contribution in [1.82, 2.24) is 0 Å². The quantitative estimate of drug-likeness (QED) is 0.188. The number of esters is 5. The Morgan fingerprint density at radius 2 is 1.08 bits per heavy atom. The Bertz CT molecular complexity index is 891. The largest absolute Gasteiger partial charge is 0.456 e. The van der Waals surface area contributed by atoms with Crippen LogP contribution in [-0.2, 0) is 61.9 Å². The van der Waals surface area contributed by atoms with Crippen LogP contribution in [0, 0.1) is 0 Å². The van der Waals surface area contributed by atoms with Gasteiger partial charge in [0, 0.05) is 34.6 Å². The maximum Gasteiger partial charge on any atom is 0.303 e. The molecule has 0 aliphatic carbocycles. The van der Waals surface area contributed by atoms with Crippen LogP contribution in [0.15, 0.2) is 0 Å². The van der Waals surface area contributed by atoms with Gasteiger partial charge in [-0.05, 0) is 0 Å². The van der Waals surface area contributed by atoms with Crippen LogP contribution in [-0.4, -0.2) is 120 Å². The first-order valence-corrected chi connectivity index (χ1v) is 11.5. The van der Waals surface area contributed by atoms with Crippen molar-refractivity contribution in [3.05, 3.63) is 0 Å². The molecule has 0 amide bonds. The Hall–Kier alpha value is -2.89. The molecule has 0 bridgehead atoms. The smallest absolute Gasteiger partial charge is 0.303 e. The highest BCUT2D eigenvalue weighted by atomic mass is 16.8. The monoisotopic (exact) mass is 552 g/mol. The molecule has 16 heteroatoms. The molecular formula is C22H32O16. The lowest BCUT2D eigenvalue weighted by atomic mass is 9.97. The number of hydrogen-bond donors (Lipinski definition) is 3. The second-order valence-corrected chi connectivity index (χ2v) is 8.48. The molecule has 2 rings (SSSR count). The van der Waals surface area contributed by atoms with E-state index in [1.165, 1.54) is 0 Å². The minimum atomic E-state index is -2.39. The third kappa shape index (κ3) is 7.36. The molecule has 0 unspecified atom stereocenters. The van der Waals surface area contributed by atoms with Crippen molar-refractivity contribution in [2.75, 3.05) is 19.8 Å². The topological polar surface area (TPSA) is 220 Å². The first kappa shape index (κ1) is 31.3. The first-order valence-electron chi connectivity index (χ1n) is 11.5. The van der Waals surface area contributed by atoms with Gasteiger partial charge in [-0.15, -0.1) is 0 Å². The molecule has 16 nitrogen and oxygen atoms in total. The van der Waals surface area contributed by atoms with E-state index >= 15 is 0 Å². The summed E-state index contributed by atoms with van der Waals surface area (Å²) in [6.45, 7) is 2.48. The van der Waals surface area contributed by atoms with Gasteiger partial charge >= 0.3 is 29.8 Å². The number of aliphatic hydroxyl groups excluding tert-OH is 3. The fourth-order valence-corrected chi connectivity index (χ4v) is 4.19. The normalized spacial score (nSPS) is 34.6. The molecule has 2 aliphatic heterocycles. The minimum absolute atomic E-state index is 0.774.